The molecular formula is C26H23N3O6S. The fourth-order valence-electron chi connectivity index (χ4n) is 3.51. The van der Waals surface area contributed by atoms with Gasteiger partial charge in [0, 0.05) is 6.07 Å². The second-order valence-electron chi connectivity index (χ2n) is 7.66. The number of thioether (sulfide) groups is 1. The highest BCUT2D eigenvalue weighted by atomic mass is 32.2. The molecule has 0 spiro atoms. The number of hydrogen-bond acceptors (Lipinski definition) is 8. The Bertz CT molecular complexity index is 1340. The van der Waals surface area contributed by atoms with Crippen LogP contribution in [0.25, 0.3) is 6.08 Å². The summed E-state index contributed by atoms with van der Waals surface area (Å²) in [6.45, 7) is 2.19. The van der Waals surface area contributed by atoms with E-state index in [2.05, 4.69) is 4.99 Å². The molecule has 1 N–H and O–H groups in total. The summed E-state index contributed by atoms with van der Waals surface area (Å²) in [5.74, 6) is -0.165. The Balaban J connectivity index is 1.73. The van der Waals surface area contributed by atoms with Crippen LogP contribution >= 0.6 is 11.8 Å². The van der Waals surface area contributed by atoms with Gasteiger partial charge in [0.25, 0.3) is 5.91 Å². The summed E-state index contributed by atoms with van der Waals surface area (Å²) < 4.78 is 10.6. The molecule has 0 saturated carbocycles. The lowest BCUT2D eigenvalue weighted by Gasteiger charge is -2.16. The van der Waals surface area contributed by atoms with E-state index in [4.69, 9.17) is 9.47 Å². The zero-order valence-electron chi connectivity index (χ0n) is 19.6. The number of nitro benzene ring substituents is 1. The van der Waals surface area contributed by atoms with Gasteiger partial charge in [0.2, 0.25) is 5.75 Å². The first kappa shape index (κ1) is 24.8. The Morgan fingerprint density at radius 1 is 1.14 bits per heavy atom. The highest BCUT2D eigenvalue weighted by Crippen LogP contribution is 2.40. The molecular weight excluding hydrogens is 482 g/mol. The summed E-state index contributed by atoms with van der Waals surface area (Å²) in [6, 6.07) is 19.3. The maximum absolute atomic E-state index is 13.5. The molecule has 0 unspecified atom stereocenters. The Morgan fingerprint density at radius 3 is 2.50 bits per heavy atom. The van der Waals surface area contributed by atoms with Gasteiger partial charge in [-0.1, -0.05) is 30.3 Å². The van der Waals surface area contributed by atoms with Crippen LogP contribution in [0, 0.1) is 10.1 Å². The predicted molar refractivity (Wildman–Crippen MR) is 139 cm³/mol. The normalized spacial score (nSPS) is 15.5. The Hall–Kier alpha value is -4.31. The van der Waals surface area contributed by atoms with Crippen molar-refractivity contribution in [3.63, 3.8) is 0 Å². The first-order valence-electron chi connectivity index (χ1n) is 11.0. The molecule has 3 aromatic rings. The molecule has 0 aliphatic carbocycles. The minimum absolute atomic E-state index is 0.0257. The van der Waals surface area contributed by atoms with Crippen molar-refractivity contribution >= 4 is 40.3 Å². The minimum Gasteiger partial charge on any atom is -0.500 e. The average molecular weight is 506 g/mol. The van der Waals surface area contributed by atoms with E-state index in [-0.39, 0.29) is 24.8 Å². The molecule has 0 aromatic heterocycles. The van der Waals surface area contributed by atoms with Gasteiger partial charge in [0.15, 0.2) is 10.9 Å². The number of ether oxygens (including phenoxy) is 2. The van der Waals surface area contributed by atoms with Gasteiger partial charge in [0.05, 0.1) is 35.8 Å². The van der Waals surface area contributed by atoms with E-state index in [1.807, 2.05) is 54.6 Å². The number of phenolic OH excluding ortho intramolecular Hbond substituents is 1. The van der Waals surface area contributed by atoms with E-state index in [0.29, 0.717) is 27.1 Å². The summed E-state index contributed by atoms with van der Waals surface area (Å²) in [5, 5.41) is 22.1. The largest absolute Gasteiger partial charge is 0.500 e. The van der Waals surface area contributed by atoms with Gasteiger partial charge in [-0.15, -0.1) is 0 Å². The summed E-state index contributed by atoms with van der Waals surface area (Å²) in [7, 11) is 1.59. The maximum Gasteiger partial charge on any atom is 0.315 e. The number of phenols is 1. The second kappa shape index (κ2) is 11.0. The van der Waals surface area contributed by atoms with E-state index >= 15 is 0 Å². The number of rotatable bonds is 8. The first-order chi connectivity index (χ1) is 17.4. The van der Waals surface area contributed by atoms with Gasteiger partial charge in [-0.3, -0.25) is 19.8 Å². The zero-order chi connectivity index (χ0) is 25.7. The van der Waals surface area contributed by atoms with Gasteiger partial charge in [-0.05, 0) is 66.2 Å². The van der Waals surface area contributed by atoms with Crippen molar-refractivity contribution in [1.29, 1.82) is 0 Å². The lowest BCUT2D eigenvalue weighted by Crippen LogP contribution is -2.28. The smallest absolute Gasteiger partial charge is 0.315 e. The molecule has 0 bridgehead atoms. The summed E-state index contributed by atoms with van der Waals surface area (Å²) in [4.78, 5) is 30.8. The SMILES string of the molecule is CCOc1cc(/C=C2/SC(=Nc3ccccc3)N(Cc3ccc(OC)cc3)C2=O)cc([N+](=O)[O-])c1O. The van der Waals surface area contributed by atoms with E-state index in [9.17, 15) is 20.0 Å². The first-order valence-corrected chi connectivity index (χ1v) is 11.8. The fraction of sp³-hybridized carbons (Fsp3) is 0.154. The van der Waals surface area contributed by atoms with Crippen molar-refractivity contribution in [2.75, 3.05) is 13.7 Å². The quantitative estimate of drug-likeness (QED) is 0.244. The summed E-state index contributed by atoms with van der Waals surface area (Å²) >= 11 is 1.17. The number of benzene rings is 3. The molecule has 1 saturated heterocycles. The van der Waals surface area contributed by atoms with E-state index < -0.39 is 16.4 Å². The number of nitro groups is 1. The molecule has 0 radical (unpaired) electrons. The molecule has 184 valence electrons. The van der Waals surface area contributed by atoms with E-state index in [1.54, 1.807) is 18.9 Å². The van der Waals surface area contributed by atoms with Gasteiger partial charge >= 0.3 is 5.69 Å². The molecule has 0 atom stereocenters. The Morgan fingerprint density at radius 2 is 1.86 bits per heavy atom. The number of methoxy groups -OCH3 is 1. The van der Waals surface area contributed by atoms with Crippen molar-refractivity contribution in [2.45, 2.75) is 13.5 Å². The summed E-state index contributed by atoms with van der Waals surface area (Å²) in [5.41, 5.74) is 1.42. The molecule has 1 fully saturated rings. The number of para-hydroxylation sites is 1. The molecule has 3 aromatic carbocycles. The Kier molecular flexibility index (Phi) is 7.55. The van der Waals surface area contributed by atoms with Crippen LogP contribution in [0.5, 0.6) is 17.2 Å². The third kappa shape index (κ3) is 5.49. The molecule has 36 heavy (non-hydrogen) atoms. The lowest BCUT2D eigenvalue weighted by atomic mass is 10.1. The zero-order valence-corrected chi connectivity index (χ0v) is 20.4. The van der Waals surface area contributed by atoms with Crippen molar-refractivity contribution in [3.05, 3.63) is 92.9 Å². The number of hydrogen-bond donors (Lipinski definition) is 1. The molecule has 9 nitrogen and oxygen atoms in total. The average Bonchev–Trinajstić information content (AvgIpc) is 3.15. The van der Waals surface area contributed by atoms with Crippen molar-refractivity contribution < 1.29 is 24.3 Å². The third-order valence-corrected chi connectivity index (χ3v) is 6.25. The lowest BCUT2D eigenvalue weighted by molar-refractivity contribution is -0.386. The van der Waals surface area contributed by atoms with Gasteiger partial charge < -0.3 is 14.6 Å². The number of carbonyl (C=O) groups excluding carboxylic acids is 1. The standard InChI is InChI=1S/C26H23N3O6S/c1-3-35-22-14-18(13-21(24(22)30)29(32)33)15-23-25(31)28(16-17-9-11-20(34-2)12-10-17)26(36-23)27-19-7-5-4-6-8-19/h4-15,30H,3,16H2,1-2H3/b23-15+,27-26?. The third-order valence-electron chi connectivity index (χ3n) is 5.24. The fourth-order valence-corrected chi connectivity index (χ4v) is 4.51. The van der Waals surface area contributed by atoms with Crippen LogP contribution in [0.4, 0.5) is 11.4 Å². The molecule has 4 rings (SSSR count). The molecule has 1 heterocycles. The molecule has 10 heteroatoms. The van der Waals surface area contributed by atoms with Crippen LogP contribution in [-0.2, 0) is 11.3 Å². The van der Waals surface area contributed by atoms with E-state index in [1.165, 1.54) is 30.0 Å². The number of aliphatic imine (C=N–C) groups is 1. The van der Waals surface area contributed by atoms with Crippen LogP contribution in [0.1, 0.15) is 18.1 Å². The van der Waals surface area contributed by atoms with Crippen molar-refractivity contribution in [3.8, 4) is 17.2 Å². The van der Waals surface area contributed by atoms with Crippen molar-refractivity contribution in [2.24, 2.45) is 4.99 Å². The van der Waals surface area contributed by atoms with E-state index in [0.717, 1.165) is 5.56 Å². The van der Waals surface area contributed by atoms with Crippen LogP contribution < -0.4 is 9.47 Å². The van der Waals surface area contributed by atoms with Gasteiger partial charge in [0.1, 0.15) is 5.75 Å². The number of aromatic hydroxyl groups is 1. The van der Waals surface area contributed by atoms with Crippen LogP contribution in [0.3, 0.4) is 0 Å². The molecule has 1 amide bonds. The monoisotopic (exact) mass is 505 g/mol. The topological polar surface area (TPSA) is 115 Å². The molecule has 1 aliphatic rings. The minimum atomic E-state index is -0.693. The maximum atomic E-state index is 13.5. The summed E-state index contributed by atoms with van der Waals surface area (Å²) in [6.07, 6.45) is 1.54. The number of amidine groups is 1. The second-order valence-corrected chi connectivity index (χ2v) is 8.67. The number of nitrogens with zero attached hydrogens (tertiary/aromatic N) is 3. The highest BCUT2D eigenvalue weighted by Gasteiger charge is 2.34. The molecule has 1 aliphatic heterocycles. The van der Waals surface area contributed by atoms with Crippen LogP contribution in [-0.4, -0.2) is 39.7 Å². The van der Waals surface area contributed by atoms with Gasteiger partial charge in [-0.2, -0.15) is 0 Å². The van der Waals surface area contributed by atoms with Crippen LogP contribution in [0.2, 0.25) is 0 Å². The van der Waals surface area contributed by atoms with Crippen LogP contribution in [0.15, 0.2) is 76.6 Å². The number of amides is 1. The van der Waals surface area contributed by atoms with Crippen molar-refractivity contribution in [1.82, 2.24) is 4.90 Å². The Labute approximate surface area is 211 Å². The predicted octanol–water partition coefficient (Wildman–Crippen LogP) is 5.51. The number of carbonyl (C=O) groups is 1. The van der Waals surface area contributed by atoms with Gasteiger partial charge in [-0.25, -0.2) is 4.99 Å². The highest BCUT2D eigenvalue weighted by molar-refractivity contribution is 8.18.